The number of hydrogen-bond acceptors (Lipinski definition) is 8. The molecular formula is C22H20O8. The van der Waals surface area contributed by atoms with Gasteiger partial charge in [0.1, 0.15) is 12.7 Å². The van der Waals surface area contributed by atoms with Crippen LogP contribution in [0.1, 0.15) is 34.3 Å². The van der Waals surface area contributed by atoms with Crippen LogP contribution in [0.3, 0.4) is 0 Å². The first kappa shape index (κ1) is 21.1. The summed E-state index contributed by atoms with van der Waals surface area (Å²) in [5, 5.41) is 28.8. The molecule has 30 heavy (non-hydrogen) atoms. The zero-order valence-corrected chi connectivity index (χ0v) is 16.0. The van der Waals surface area contributed by atoms with Crippen molar-refractivity contribution in [3.8, 4) is 0 Å². The van der Waals surface area contributed by atoms with Crippen LogP contribution in [0.4, 0.5) is 0 Å². The Kier molecular flexibility index (Phi) is 6.17. The van der Waals surface area contributed by atoms with Gasteiger partial charge in [-0.25, -0.2) is 4.79 Å². The molecular weight excluding hydrogens is 392 g/mol. The van der Waals surface area contributed by atoms with Crippen LogP contribution in [0, 0.1) is 0 Å². The molecule has 0 saturated heterocycles. The van der Waals surface area contributed by atoms with Gasteiger partial charge in [0.05, 0.1) is 5.92 Å². The molecule has 0 radical (unpaired) electrons. The highest BCUT2D eigenvalue weighted by atomic mass is 16.6. The van der Waals surface area contributed by atoms with Crippen LogP contribution in [0.5, 0.6) is 0 Å². The predicted octanol–water partition coefficient (Wildman–Crippen LogP) is 2.18. The second-order valence-electron chi connectivity index (χ2n) is 6.80. The van der Waals surface area contributed by atoms with E-state index in [9.17, 15) is 29.7 Å². The first-order valence-corrected chi connectivity index (χ1v) is 9.17. The maximum absolute atomic E-state index is 12.6. The van der Waals surface area contributed by atoms with Gasteiger partial charge in [0.15, 0.2) is 17.6 Å². The molecule has 0 aromatic heterocycles. The number of hydrogen-bond donors (Lipinski definition) is 3. The Morgan fingerprint density at radius 2 is 1.73 bits per heavy atom. The molecule has 0 unspecified atom stereocenters. The third-order valence-electron chi connectivity index (χ3n) is 4.72. The van der Waals surface area contributed by atoms with Crippen LogP contribution in [0.15, 0.2) is 66.1 Å². The van der Waals surface area contributed by atoms with E-state index < -0.39 is 48.2 Å². The Morgan fingerprint density at radius 3 is 2.37 bits per heavy atom. The van der Waals surface area contributed by atoms with Gasteiger partial charge in [-0.1, -0.05) is 48.5 Å². The van der Waals surface area contributed by atoms with E-state index in [1.165, 1.54) is 0 Å². The molecule has 8 heteroatoms. The number of carbonyl (C=O) groups excluding carboxylic acids is 3. The Bertz CT molecular complexity index is 995. The van der Waals surface area contributed by atoms with Crippen molar-refractivity contribution in [1.29, 1.82) is 0 Å². The molecule has 0 amide bonds. The summed E-state index contributed by atoms with van der Waals surface area (Å²) in [5.74, 6) is -4.59. The first-order chi connectivity index (χ1) is 14.3. The Hall–Kier alpha value is -3.65. The number of cyclic esters (lactones) is 1. The highest BCUT2D eigenvalue weighted by Crippen LogP contribution is 2.23. The maximum Gasteiger partial charge on any atom is 0.377 e. The number of carbonyl (C=O) groups is 3. The minimum absolute atomic E-state index is 0.182. The van der Waals surface area contributed by atoms with Gasteiger partial charge in [-0.05, 0) is 18.6 Å². The molecule has 0 aliphatic carbocycles. The van der Waals surface area contributed by atoms with E-state index in [0.717, 1.165) is 0 Å². The number of esters is 2. The van der Waals surface area contributed by atoms with Crippen LogP contribution in [0.2, 0.25) is 0 Å². The molecule has 156 valence electrons. The van der Waals surface area contributed by atoms with Crippen LogP contribution < -0.4 is 0 Å². The molecule has 0 fully saturated rings. The molecule has 8 nitrogen and oxygen atoms in total. The molecule has 2 aromatic rings. The van der Waals surface area contributed by atoms with Crippen molar-refractivity contribution >= 4 is 17.7 Å². The maximum atomic E-state index is 12.6. The summed E-state index contributed by atoms with van der Waals surface area (Å²) in [7, 11) is 0. The number of aliphatic hydroxyl groups excluding tert-OH is 3. The van der Waals surface area contributed by atoms with Crippen molar-refractivity contribution in [3.05, 3.63) is 82.8 Å². The van der Waals surface area contributed by atoms with Crippen molar-refractivity contribution in [1.82, 2.24) is 0 Å². The fourth-order valence-corrected chi connectivity index (χ4v) is 2.95. The molecule has 0 saturated carbocycles. The van der Waals surface area contributed by atoms with Gasteiger partial charge < -0.3 is 24.8 Å². The van der Waals surface area contributed by atoms with E-state index in [4.69, 9.17) is 4.74 Å². The number of ketones is 1. The third kappa shape index (κ3) is 4.33. The Labute approximate surface area is 172 Å². The fourth-order valence-electron chi connectivity index (χ4n) is 2.95. The van der Waals surface area contributed by atoms with E-state index >= 15 is 0 Å². The monoisotopic (exact) mass is 412 g/mol. The lowest BCUT2D eigenvalue weighted by Crippen LogP contribution is -2.34. The zero-order chi connectivity index (χ0) is 21.8. The Morgan fingerprint density at radius 1 is 1.07 bits per heavy atom. The lowest BCUT2D eigenvalue weighted by molar-refractivity contribution is -0.155. The van der Waals surface area contributed by atoms with E-state index in [1.54, 1.807) is 55.5 Å². The molecule has 3 atom stereocenters. The van der Waals surface area contributed by atoms with Crippen molar-refractivity contribution in [3.63, 3.8) is 0 Å². The lowest BCUT2D eigenvalue weighted by atomic mass is 9.96. The van der Waals surface area contributed by atoms with Gasteiger partial charge in [-0.15, -0.1) is 0 Å². The average Bonchev–Trinajstić information content (AvgIpc) is 3.04. The molecule has 3 rings (SSSR count). The molecule has 2 aromatic carbocycles. The minimum Gasteiger partial charge on any atom is -0.505 e. The summed E-state index contributed by atoms with van der Waals surface area (Å²) in [4.78, 5) is 36.2. The topological polar surface area (TPSA) is 130 Å². The van der Waals surface area contributed by atoms with Crippen molar-refractivity contribution in [2.75, 3.05) is 6.61 Å². The Balaban J connectivity index is 1.64. The molecule has 0 spiro atoms. The lowest BCUT2D eigenvalue weighted by Gasteiger charge is -2.19. The molecule has 1 aliphatic heterocycles. The zero-order valence-electron chi connectivity index (χ0n) is 16.0. The first-order valence-electron chi connectivity index (χ1n) is 9.17. The summed E-state index contributed by atoms with van der Waals surface area (Å²) in [6.45, 7) is 1.01. The van der Waals surface area contributed by atoms with Gasteiger partial charge in [-0.3, -0.25) is 9.59 Å². The second kappa shape index (κ2) is 8.79. The predicted molar refractivity (Wildman–Crippen MR) is 104 cm³/mol. The third-order valence-corrected chi connectivity index (χ3v) is 4.72. The minimum atomic E-state index is -1.55. The summed E-state index contributed by atoms with van der Waals surface area (Å²) >= 11 is 0. The summed E-state index contributed by atoms with van der Waals surface area (Å²) in [5.41, 5.74) is 1.49. The van der Waals surface area contributed by atoms with Crippen molar-refractivity contribution in [2.24, 2.45) is 0 Å². The molecule has 1 aliphatic rings. The normalized spacial score (nSPS) is 17.9. The number of rotatable bonds is 7. The van der Waals surface area contributed by atoms with Crippen LogP contribution in [-0.4, -0.2) is 51.9 Å². The van der Waals surface area contributed by atoms with E-state index in [2.05, 4.69) is 4.74 Å². The van der Waals surface area contributed by atoms with Gasteiger partial charge >= 0.3 is 11.9 Å². The largest absolute Gasteiger partial charge is 0.505 e. The second-order valence-corrected chi connectivity index (χ2v) is 6.80. The highest BCUT2D eigenvalue weighted by Gasteiger charge is 2.39. The average molecular weight is 412 g/mol. The quantitative estimate of drug-likeness (QED) is 0.466. The van der Waals surface area contributed by atoms with Gasteiger partial charge in [0, 0.05) is 11.1 Å². The van der Waals surface area contributed by atoms with Crippen LogP contribution in [0.25, 0.3) is 0 Å². The summed E-state index contributed by atoms with van der Waals surface area (Å²) < 4.78 is 9.67. The van der Waals surface area contributed by atoms with E-state index in [-0.39, 0.29) is 5.78 Å². The molecule has 0 bridgehead atoms. The molecule has 3 N–H and O–H groups in total. The van der Waals surface area contributed by atoms with Gasteiger partial charge in [-0.2, -0.15) is 0 Å². The fraction of sp³-hybridized carbons (Fsp3) is 0.227. The van der Waals surface area contributed by atoms with Crippen LogP contribution in [-0.2, 0) is 19.1 Å². The van der Waals surface area contributed by atoms with Gasteiger partial charge in [0.2, 0.25) is 5.76 Å². The van der Waals surface area contributed by atoms with Crippen LogP contribution >= 0.6 is 0 Å². The summed E-state index contributed by atoms with van der Waals surface area (Å²) in [6.07, 6.45) is -3.06. The van der Waals surface area contributed by atoms with Crippen molar-refractivity contribution in [2.45, 2.75) is 25.0 Å². The number of ether oxygens (including phenoxy) is 2. The highest BCUT2D eigenvalue weighted by molar-refractivity contribution is 6.09. The number of aliphatic hydroxyl groups is 3. The van der Waals surface area contributed by atoms with Crippen molar-refractivity contribution < 1.29 is 39.2 Å². The summed E-state index contributed by atoms with van der Waals surface area (Å²) in [6, 6.07) is 15.3. The number of benzene rings is 2. The smallest absolute Gasteiger partial charge is 0.377 e. The van der Waals surface area contributed by atoms with E-state index in [1.807, 2.05) is 6.07 Å². The van der Waals surface area contributed by atoms with Gasteiger partial charge in [0.25, 0.3) is 0 Å². The van der Waals surface area contributed by atoms with E-state index in [0.29, 0.717) is 16.7 Å². The SMILES string of the molecule is C[C@H](C(=O)OC[C@H](O)[C@H]1OC(=O)C(O)=C1O)c1cccc(C(=O)c2ccccc2)c1. The standard InChI is InChI=1S/C22H20O8/c1-12(21(27)29-11-16(23)20-18(25)19(26)22(28)30-20)14-8-5-9-15(10-14)17(24)13-6-3-2-4-7-13/h2-10,12,16,20,23,25-26H,11H2,1H3/t12-,16-,20+/m0/s1. The molecule has 1 heterocycles.